The molecule has 12 heteroatoms. The summed E-state index contributed by atoms with van der Waals surface area (Å²) in [6.45, 7) is 24.8. The highest BCUT2D eigenvalue weighted by Gasteiger charge is 2.32. The molecule has 14 aromatic carbocycles. The van der Waals surface area contributed by atoms with E-state index in [1.165, 1.54) is 129 Å². The first-order valence-corrected chi connectivity index (χ1v) is 56.4. The van der Waals surface area contributed by atoms with E-state index in [9.17, 15) is 38.9 Å². The second-order valence-electron chi connectivity index (χ2n) is 40.7. The molecule has 0 amide bonds. The SMILES string of the molecule is CCc1ccc(C(CC)CC(CC(CC(CC)c2ccccc2)c2ccc(S(=O)(=O)O)cc2)c2ccc(Cc3ccc(C(CC)CC(C[C@H](C)c4ccc(Cc5ccc(C(CC(CC)c6ccc(Cc7ccc(C(CC)CC(CC)c8ccc(C)cc8)cc7)cc6)CC(CC(CC)c6ccc(Cc7ccc(C)cc7)cc6)c6ccc(S(=O)(=O)O)cc6)cc5)cc4)c4ccc(S(=O)(=O)O)cc4)cc3)cc2)cc1. The van der Waals surface area contributed by atoms with Gasteiger partial charge in [0, 0.05) is 0 Å². The summed E-state index contributed by atoms with van der Waals surface area (Å²) in [5, 5.41) is 0. The molecule has 0 aliphatic carbocycles. The second-order valence-corrected chi connectivity index (χ2v) is 44.9. The van der Waals surface area contributed by atoms with Crippen molar-refractivity contribution >= 4 is 30.4 Å². The van der Waals surface area contributed by atoms with Crippen molar-refractivity contribution in [1.82, 2.24) is 0 Å². The monoisotopic (exact) mass is 1940 g/mol. The minimum Gasteiger partial charge on any atom is -0.282 e. The van der Waals surface area contributed by atoms with Crippen LogP contribution in [0.5, 0.6) is 0 Å². The highest BCUT2D eigenvalue weighted by molar-refractivity contribution is 7.86. The van der Waals surface area contributed by atoms with Gasteiger partial charge in [0.05, 0.1) is 14.7 Å². The first-order chi connectivity index (χ1) is 68.0. The highest BCUT2D eigenvalue weighted by atomic mass is 32.2. The molecule has 0 aromatic heterocycles. The molecule has 0 saturated heterocycles. The number of hydrogen-bond donors (Lipinski definition) is 3. The molecular formula is C129H148O9S3. The van der Waals surface area contributed by atoms with E-state index >= 15 is 0 Å². The van der Waals surface area contributed by atoms with Crippen molar-refractivity contribution in [2.24, 2.45) is 0 Å². The zero-order chi connectivity index (χ0) is 99.7. The Kier molecular flexibility index (Phi) is 37.6. The van der Waals surface area contributed by atoms with Gasteiger partial charge in [0.25, 0.3) is 30.4 Å². The molecule has 0 fully saturated rings. The van der Waals surface area contributed by atoms with Crippen molar-refractivity contribution in [2.45, 2.75) is 303 Å². The maximum absolute atomic E-state index is 12.6. The van der Waals surface area contributed by atoms with Crippen LogP contribution in [0.4, 0.5) is 0 Å². The molecule has 0 radical (unpaired) electrons. The molecule has 12 unspecified atom stereocenters. The second kappa shape index (κ2) is 50.2. The molecule has 0 spiro atoms. The smallest absolute Gasteiger partial charge is 0.282 e. The first kappa shape index (κ1) is 106. The fourth-order valence-corrected chi connectivity index (χ4v) is 23.7. The third kappa shape index (κ3) is 29.5. The van der Waals surface area contributed by atoms with Gasteiger partial charge in [-0.25, -0.2) is 0 Å². The summed E-state index contributed by atoms with van der Waals surface area (Å²) in [6.07, 6.45) is 19.2. The van der Waals surface area contributed by atoms with E-state index in [0.29, 0.717) is 17.8 Å². The van der Waals surface area contributed by atoms with Crippen molar-refractivity contribution in [1.29, 1.82) is 0 Å². The summed E-state index contributed by atoms with van der Waals surface area (Å²) in [7, 11) is -13.2. The average molecular weight is 1940 g/mol. The lowest BCUT2D eigenvalue weighted by atomic mass is 9.74. The topological polar surface area (TPSA) is 163 Å². The van der Waals surface area contributed by atoms with Crippen molar-refractivity contribution in [2.75, 3.05) is 0 Å². The van der Waals surface area contributed by atoms with Crippen LogP contribution in [0, 0.1) is 13.8 Å². The standard InChI is InChI=1S/C129H148O9S3/c1-12-93-31-51-112(52-32-93)106(17-6)85-123(88-125(84-104(15-4)110-23-21-20-22-24-110)120-67-73-128(74-68-120)140(133,134)135)117-63-45-101(46-64-117)81-99-39-55-114(56-40-99)105(16-5)83-122(119-65-71-127(72-66-119)139(130,131)132)77-92(11)109-49-33-95(34-50-109)79-100-43-61-118(62-44-100)124(89-126(121-69-75-129(76-70-121)141(136,137)138)87-108(19-8)116-57-37-96(38-58-116)78-94-29-25-90(9)26-30-94)86-107(18-7)115-59-41-98(42-60-115)80-97-35-53-113(54-36-97)103(14-3)82-102(13-2)111-47-27-91(10)28-48-111/h20-76,92,102-108,122-126H,12-19,77-89H2,1-11H3,(H,130,131,132)(H,133,134,135)(H,136,137,138)/t92-,102?,103?,104?,105?,106?,107?,108?,122?,123?,124?,125?,126?/m0/s1. The van der Waals surface area contributed by atoms with Gasteiger partial charge in [0.2, 0.25) is 0 Å². The predicted octanol–water partition coefficient (Wildman–Crippen LogP) is 33.8. The predicted molar refractivity (Wildman–Crippen MR) is 585 cm³/mol. The van der Waals surface area contributed by atoms with Crippen LogP contribution < -0.4 is 0 Å². The number of hydrogen-bond acceptors (Lipinski definition) is 6. The lowest BCUT2D eigenvalue weighted by Gasteiger charge is -2.30. The van der Waals surface area contributed by atoms with E-state index < -0.39 is 30.4 Å². The summed E-state index contributed by atoms with van der Waals surface area (Å²) in [5.41, 5.74) is 30.2. The van der Waals surface area contributed by atoms with E-state index in [1.807, 2.05) is 36.4 Å². The largest absolute Gasteiger partial charge is 0.294 e. The van der Waals surface area contributed by atoms with Crippen molar-refractivity contribution in [3.8, 4) is 0 Å². The fraction of sp³-hybridized carbons (Fsp3) is 0.349. The Bertz CT molecular complexity index is 6570. The Morgan fingerprint density at radius 3 is 0.553 bits per heavy atom. The fourth-order valence-electron chi connectivity index (χ4n) is 22.3. The van der Waals surface area contributed by atoms with Gasteiger partial charge in [-0.3, -0.25) is 13.7 Å². The summed E-state index contributed by atoms with van der Waals surface area (Å²) >= 11 is 0. The van der Waals surface area contributed by atoms with Crippen LogP contribution in [-0.4, -0.2) is 38.9 Å². The van der Waals surface area contributed by atoms with Gasteiger partial charge in [0.1, 0.15) is 0 Å². The van der Waals surface area contributed by atoms with E-state index in [0.717, 1.165) is 152 Å². The van der Waals surface area contributed by atoms with Crippen LogP contribution >= 0.6 is 0 Å². The van der Waals surface area contributed by atoms with Crippen LogP contribution in [-0.2, 0) is 62.5 Å². The molecule has 736 valence electrons. The van der Waals surface area contributed by atoms with E-state index in [-0.39, 0.29) is 73.9 Å². The van der Waals surface area contributed by atoms with Gasteiger partial charge in [-0.1, -0.05) is 383 Å². The Morgan fingerprint density at radius 1 is 0.184 bits per heavy atom. The normalized spacial score (nSPS) is 14.9. The third-order valence-electron chi connectivity index (χ3n) is 31.3. The molecule has 0 aliphatic heterocycles. The number of aryl methyl sites for hydroxylation is 3. The Morgan fingerprint density at radius 2 is 0.340 bits per heavy atom. The minimum atomic E-state index is -4.42. The number of benzene rings is 14. The third-order valence-corrected chi connectivity index (χ3v) is 33.9. The maximum atomic E-state index is 12.6. The van der Waals surface area contributed by atoms with E-state index in [1.54, 1.807) is 24.3 Å². The van der Waals surface area contributed by atoms with Gasteiger partial charge in [-0.2, -0.15) is 25.3 Å². The Labute approximate surface area is 844 Å². The summed E-state index contributed by atoms with van der Waals surface area (Å²) in [4.78, 5) is -0.331. The molecule has 9 nitrogen and oxygen atoms in total. The van der Waals surface area contributed by atoms with Crippen LogP contribution in [0.2, 0.25) is 0 Å². The number of rotatable bonds is 50. The minimum absolute atomic E-state index is 0.0398. The molecule has 14 rings (SSSR count). The molecule has 141 heavy (non-hydrogen) atoms. The van der Waals surface area contributed by atoms with Crippen molar-refractivity contribution in [3.63, 3.8) is 0 Å². The summed E-state index contributed by atoms with van der Waals surface area (Å²) in [5.74, 6) is 2.93. The van der Waals surface area contributed by atoms with Crippen molar-refractivity contribution in [3.05, 3.63) is 479 Å². The lowest BCUT2D eigenvalue weighted by molar-refractivity contribution is 0.418. The van der Waals surface area contributed by atoms with Crippen molar-refractivity contribution < 1.29 is 38.9 Å². The molecule has 0 heterocycles. The molecule has 13 atom stereocenters. The molecule has 0 saturated carbocycles. The molecule has 3 N–H and O–H groups in total. The van der Waals surface area contributed by atoms with Crippen LogP contribution in [0.15, 0.2) is 360 Å². The zero-order valence-electron chi connectivity index (χ0n) is 84.8. The lowest BCUT2D eigenvalue weighted by Crippen LogP contribution is -2.14. The average Bonchev–Trinajstić information content (AvgIpc) is 0.817. The van der Waals surface area contributed by atoms with Gasteiger partial charge in [0.15, 0.2) is 0 Å². The van der Waals surface area contributed by atoms with E-state index in [4.69, 9.17) is 0 Å². The van der Waals surface area contributed by atoms with Crippen LogP contribution in [0.1, 0.15) is 376 Å². The first-order valence-electron chi connectivity index (χ1n) is 52.1. The van der Waals surface area contributed by atoms with Crippen LogP contribution in [0.3, 0.4) is 0 Å². The summed E-state index contributed by atoms with van der Waals surface area (Å²) in [6, 6.07) is 123. The van der Waals surface area contributed by atoms with Gasteiger partial charge >= 0.3 is 0 Å². The molecular weight excluding hydrogens is 1790 g/mol. The maximum Gasteiger partial charge on any atom is 0.294 e. The summed E-state index contributed by atoms with van der Waals surface area (Å²) < 4.78 is 105. The van der Waals surface area contributed by atoms with Gasteiger partial charge in [-0.15, -0.1) is 0 Å². The van der Waals surface area contributed by atoms with E-state index in [2.05, 4.69) is 349 Å². The Balaban J connectivity index is 0.682. The zero-order valence-corrected chi connectivity index (χ0v) is 87.2. The van der Waals surface area contributed by atoms with Gasteiger partial charge < -0.3 is 0 Å². The highest BCUT2D eigenvalue weighted by Crippen LogP contribution is 2.48. The van der Waals surface area contributed by atoms with Crippen LogP contribution in [0.25, 0.3) is 0 Å². The Hall–Kier alpha value is -11.2. The molecule has 0 aliphatic rings. The molecule has 0 bridgehead atoms. The van der Waals surface area contributed by atoms with Gasteiger partial charge in [-0.05, 0) is 384 Å². The molecule has 14 aromatic rings. The quantitative estimate of drug-likeness (QED) is 0.0315.